The van der Waals surface area contributed by atoms with Crippen molar-refractivity contribution in [3.05, 3.63) is 52.1 Å². The second-order valence-corrected chi connectivity index (χ2v) is 12.7. The van der Waals surface area contributed by atoms with Crippen LogP contribution >= 0.6 is 0 Å². The number of amides is 1. The Morgan fingerprint density at radius 2 is 1.80 bits per heavy atom. The Morgan fingerprint density at radius 3 is 2.34 bits per heavy atom. The number of hydrogen-bond donors (Lipinski definition) is 3. The van der Waals surface area contributed by atoms with Crippen molar-refractivity contribution in [3.8, 4) is 11.5 Å². The number of hydrogen-bond acceptors (Lipinski definition) is 8. The summed E-state index contributed by atoms with van der Waals surface area (Å²) in [6, 6.07) is 6.22. The molecule has 0 bridgehead atoms. The zero-order chi connectivity index (χ0) is 30.9. The number of ether oxygens (including phenoxy) is 2. The molecule has 0 spiro atoms. The zero-order valence-corrected chi connectivity index (χ0v) is 25.1. The molecule has 2 aromatic rings. The second-order valence-electron chi connectivity index (χ2n) is 10.7. The smallest absolute Gasteiger partial charge is 0.341 e. The van der Waals surface area contributed by atoms with Crippen molar-refractivity contribution in [2.45, 2.75) is 39.7 Å². The summed E-state index contributed by atoms with van der Waals surface area (Å²) >= 11 is 0. The fourth-order valence-electron chi connectivity index (χ4n) is 4.44. The number of nitrogens with one attached hydrogen (secondary N) is 2. The number of nitrogens with zero attached hydrogens (tertiary/aromatic N) is 2. The number of amidine groups is 1. The van der Waals surface area contributed by atoms with Crippen molar-refractivity contribution < 1.29 is 37.4 Å². The number of aliphatic carboxylic acids is 1. The Kier molecular flexibility index (Phi) is 9.01. The third-order valence-corrected chi connectivity index (χ3v) is 7.81. The number of ketones is 1. The lowest BCUT2D eigenvalue weighted by Gasteiger charge is -2.28. The average molecular weight is 589 g/mol. The summed E-state index contributed by atoms with van der Waals surface area (Å²) in [6.45, 7) is 6.97. The highest BCUT2D eigenvalue weighted by atomic mass is 32.2. The molecule has 1 aliphatic rings. The van der Waals surface area contributed by atoms with Gasteiger partial charge in [-0.2, -0.15) is 0 Å². The number of carboxylic acids is 1. The van der Waals surface area contributed by atoms with Gasteiger partial charge in [-0.25, -0.2) is 13.2 Å². The van der Waals surface area contributed by atoms with Crippen LogP contribution in [0, 0.1) is 5.41 Å². The van der Waals surface area contributed by atoms with E-state index in [4.69, 9.17) is 14.9 Å². The lowest BCUT2D eigenvalue weighted by Crippen LogP contribution is -2.31. The summed E-state index contributed by atoms with van der Waals surface area (Å²) < 4.78 is 37.1. The first kappa shape index (κ1) is 31.4. The fraction of sp³-hybridized carbons (Fsp3) is 0.429. The molecule has 1 amide bonds. The Hall–Kier alpha value is -4.13. The van der Waals surface area contributed by atoms with Crippen molar-refractivity contribution >= 4 is 39.2 Å². The van der Waals surface area contributed by atoms with Crippen LogP contribution < -0.4 is 19.1 Å². The maximum Gasteiger partial charge on any atom is 0.341 e. The predicted molar refractivity (Wildman–Crippen MR) is 154 cm³/mol. The SMILES string of the molecule is CCOc1cc2c(cc1C(=O)NC)C(=N)N(CC(=O)c1cc(N(C)S(C)(=O)=O)c(OCC(=O)O)c(C(C)(C)C)c1)C2. The number of Topliss-reactive ketones (excluding diaryl/α,β-unsaturated/α-hetero) is 1. The van der Waals surface area contributed by atoms with E-state index in [2.05, 4.69) is 5.32 Å². The first-order valence-corrected chi connectivity index (χ1v) is 14.7. The van der Waals surface area contributed by atoms with E-state index in [1.165, 1.54) is 20.2 Å². The first-order valence-electron chi connectivity index (χ1n) is 12.8. The molecule has 0 aliphatic carbocycles. The predicted octanol–water partition coefficient (Wildman–Crippen LogP) is 2.63. The van der Waals surface area contributed by atoms with E-state index < -0.39 is 33.8 Å². The molecule has 222 valence electrons. The van der Waals surface area contributed by atoms with Gasteiger partial charge in [0.05, 0.1) is 30.7 Å². The standard InChI is InChI=1S/C28H36N4O8S/c1-8-39-23-11-17-13-32(26(29)18(17)12-19(23)27(36)30-5)14-22(33)16-9-20(28(2,3)4)25(40-15-24(34)35)21(10-16)31(6)41(7,37)38/h9-12,29H,8,13-15H2,1-7H3,(H,30,36)(H,34,35). The maximum absolute atomic E-state index is 13.6. The first-order chi connectivity index (χ1) is 19.0. The van der Waals surface area contributed by atoms with E-state index in [1.54, 1.807) is 30.0 Å². The van der Waals surface area contributed by atoms with Crippen molar-refractivity contribution in [2.75, 3.05) is 44.4 Å². The van der Waals surface area contributed by atoms with E-state index in [0.717, 1.165) is 16.1 Å². The molecule has 0 saturated heterocycles. The van der Waals surface area contributed by atoms with E-state index in [-0.39, 0.29) is 47.4 Å². The number of anilines is 1. The van der Waals surface area contributed by atoms with Crippen LogP contribution in [0.15, 0.2) is 24.3 Å². The van der Waals surface area contributed by atoms with Gasteiger partial charge in [-0.3, -0.25) is 19.3 Å². The van der Waals surface area contributed by atoms with Crippen molar-refractivity contribution in [3.63, 3.8) is 0 Å². The summed E-state index contributed by atoms with van der Waals surface area (Å²) in [5.41, 5.74) is 1.51. The Balaban J connectivity index is 2.04. The van der Waals surface area contributed by atoms with Gasteiger partial charge in [0.15, 0.2) is 12.4 Å². The molecule has 0 atom stereocenters. The number of rotatable bonds is 11. The number of carbonyl (C=O) groups is 3. The van der Waals surface area contributed by atoms with Gasteiger partial charge in [-0.1, -0.05) is 20.8 Å². The third kappa shape index (κ3) is 6.79. The lowest BCUT2D eigenvalue weighted by molar-refractivity contribution is -0.139. The average Bonchev–Trinajstić information content (AvgIpc) is 3.18. The molecule has 0 fully saturated rings. The van der Waals surface area contributed by atoms with Crippen molar-refractivity contribution in [1.29, 1.82) is 5.41 Å². The highest BCUT2D eigenvalue weighted by Crippen LogP contribution is 2.41. The van der Waals surface area contributed by atoms with Gasteiger partial charge in [-0.15, -0.1) is 0 Å². The minimum atomic E-state index is -3.81. The van der Waals surface area contributed by atoms with Gasteiger partial charge in [0, 0.05) is 37.3 Å². The lowest BCUT2D eigenvalue weighted by atomic mass is 9.84. The Labute approximate surface area is 239 Å². The number of benzene rings is 2. The molecule has 3 N–H and O–H groups in total. The highest BCUT2D eigenvalue weighted by Gasteiger charge is 2.32. The number of fused-ring (bicyclic) bond motifs is 1. The van der Waals surface area contributed by atoms with Crippen LogP contribution in [0.25, 0.3) is 0 Å². The van der Waals surface area contributed by atoms with E-state index in [1.807, 2.05) is 20.8 Å². The second kappa shape index (κ2) is 11.8. The number of carboxylic acid groups (broad SMARTS) is 1. The maximum atomic E-state index is 13.6. The van der Waals surface area contributed by atoms with Gasteiger partial charge in [0.2, 0.25) is 10.0 Å². The topological polar surface area (TPSA) is 166 Å². The summed E-state index contributed by atoms with van der Waals surface area (Å²) in [4.78, 5) is 38.9. The van der Waals surface area contributed by atoms with E-state index >= 15 is 0 Å². The van der Waals surface area contributed by atoms with Crippen LogP contribution in [0.3, 0.4) is 0 Å². The monoisotopic (exact) mass is 588 g/mol. The molecule has 1 aliphatic heterocycles. The molecule has 3 rings (SSSR count). The normalized spacial score (nSPS) is 13.0. The summed E-state index contributed by atoms with van der Waals surface area (Å²) in [5.74, 6) is -1.49. The Bertz CT molecular complexity index is 1510. The molecule has 12 nitrogen and oxygen atoms in total. The number of carbonyl (C=O) groups excluding carboxylic acids is 2. The molecular weight excluding hydrogens is 552 g/mol. The van der Waals surface area contributed by atoms with Gasteiger partial charge < -0.3 is 24.8 Å². The zero-order valence-electron chi connectivity index (χ0n) is 24.2. The van der Waals surface area contributed by atoms with Crippen LogP contribution in [-0.2, 0) is 26.8 Å². The quantitative estimate of drug-likeness (QED) is 0.334. The van der Waals surface area contributed by atoms with Crippen LogP contribution in [0.5, 0.6) is 11.5 Å². The van der Waals surface area contributed by atoms with Crippen LogP contribution in [-0.4, -0.2) is 82.0 Å². The third-order valence-electron chi connectivity index (χ3n) is 6.62. The molecule has 0 unspecified atom stereocenters. The molecule has 0 radical (unpaired) electrons. The molecule has 0 aromatic heterocycles. The Morgan fingerprint density at radius 1 is 1.15 bits per heavy atom. The minimum absolute atomic E-state index is 0.0286. The molecule has 41 heavy (non-hydrogen) atoms. The van der Waals surface area contributed by atoms with Gasteiger partial charge in [-0.05, 0) is 42.2 Å². The van der Waals surface area contributed by atoms with Crippen molar-refractivity contribution in [2.24, 2.45) is 0 Å². The molecule has 1 heterocycles. The highest BCUT2D eigenvalue weighted by molar-refractivity contribution is 7.92. The molecular formula is C28H36N4O8S. The molecule has 0 saturated carbocycles. The largest absolute Gasteiger partial charge is 0.493 e. The van der Waals surface area contributed by atoms with Gasteiger partial charge in [0.25, 0.3) is 5.91 Å². The van der Waals surface area contributed by atoms with Crippen LogP contribution in [0.2, 0.25) is 0 Å². The van der Waals surface area contributed by atoms with Gasteiger partial charge >= 0.3 is 5.97 Å². The fourth-order valence-corrected chi connectivity index (χ4v) is 4.94. The van der Waals surface area contributed by atoms with E-state index in [0.29, 0.717) is 23.5 Å². The summed E-state index contributed by atoms with van der Waals surface area (Å²) in [5, 5.41) is 20.5. The molecule has 2 aromatic carbocycles. The summed E-state index contributed by atoms with van der Waals surface area (Å²) in [7, 11) is -1.01. The summed E-state index contributed by atoms with van der Waals surface area (Å²) in [6.07, 6.45) is 0.992. The van der Waals surface area contributed by atoms with E-state index in [9.17, 15) is 27.9 Å². The van der Waals surface area contributed by atoms with Crippen LogP contribution in [0.1, 0.15) is 65.1 Å². The van der Waals surface area contributed by atoms with Gasteiger partial charge in [0.1, 0.15) is 17.3 Å². The van der Waals surface area contributed by atoms with Crippen LogP contribution in [0.4, 0.5) is 5.69 Å². The molecule has 13 heteroatoms. The van der Waals surface area contributed by atoms with Crippen molar-refractivity contribution in [1.82, 2.24) is 10.2 Å². The minimum Gasteiger partial charge on any atom is -0.493 e. The number of sulfonamides is 1.